The molecule has 10 heteroatoms. The summed E-state index contributed by atoms with van der Waals surface area (Å²) in [5.41, 5.74) is 3.29. The van der Waals surface area contributed by atoms with Crippen molar-refractivity contribution in [3.8, 4) is 5.69 Å². The number of carbonyl (C=O) groups is 1. The smallest absolute Gasteiger partial charge is 0.236 e. The van der Waals surface area contributed by atoms with Crippen LogP contribution in [0.1, 0.15) is 29.0 Å². The van der Waals surface area contributed by atoms with Gasteiger partial charge in [0.2, 0.25) is 11.0 Å². The summed E-state index contributed by atoms with van der Waals surface area (Å²) in [4.78, 5) is 12.4. The van der Waals surface area contributed by atoms with Gasteiger partial charge < -0.3 is 4.57 Å². The molecule has 4 rings (SSSR count). The van der Waals surface area contributed by atoms with E-state index in [-0.39, 0.29) is 11.7 Å². The number of amides is 1. The van der Waals surface area contributed by atoms with Crippen LogP contribution in [0.4, 0.5) is 5.13 Å². The Labute approximate surface area is 188 Å². The van der Waals surface area contributed by atoms with Crippen LogP contribution >= 0.6 is 23.1 Å². The normalized spacial score (nSPS) is 11.1. The number of nitrogens with one attached hydrogen (secondary N) is 1. The molecule has 31 heavy (non-hydrogen) atoms. The zero-order chi connectivity index (χ0) is 21.8. The average Bonchev–Trinajstić information content (AvgIpc) is 3.48. The quantitative estimate of drug-likeness (QED) is 0.410. The van der Waals surface area contributed by atoms with Crippen molar-refractivity contribution in [2.75, 3.05) is 11.1 Å². The monoisotopic (exact) mass is 453 g/mol. The largest absolute Gasteiger partial charge is 0.354 e. The standard InChI is InChI=1S/C21H23N7OS2/c1-4-19-24-25-20(31-19)22-18(29)13-30-21-26-23-17(12-16-6-5-11-27(16)3)28(21)15-9-7-14(2)8-10-15/h5-11H,4,12-13H2,1-3H3,(H,22,25,29). The molecule has 160 valence electrons. The highest BCUT2D eigenvalue weighted by Crippen LogP contribution is 2.24. The highest BCUT2D eigenvalue weighted by molar-refractivity contribution is 7.99. The molecule has 1 amide bonds. The van der Waals surface area contributed by atoms with Gasteiger partial charge >= 0.3 is 0 Å². The molecular weight excluding hydrogens is 430 g/mol. The maximum absolute atomic E-state index is 12.4. The van der Waals surface area contributed by atoms with Crippen molar-refractivity contribution in [3.63, 3.8) is 0 Å². The number of rotatable bonds is 8. The van der Waals surface area contributed by atoms with Gasteiger partial charge in [-0.05, 0) is 37.6 Å². The van der Waals surface area contributed by atoms with Crippen molar-refractivity contribution in [2.24, 2.45) is 7.05 Å². The molecule has 0 saturated carbocycles. The highest BCUT2D eigenvalue weighted by Gasteiger charge is 2.17. The second kappa shape index (κ2) is 9.44. The van der Waals surface area contributed by atoms with Crippen LogP contribution in [0.3, 0.4) is 0 Å². The van der Waals surface area contributed by atoms with Crippen molar-refractivity contribution < 1.29 is 4.79 Å². The summed E-state index contributed by atoms with van der Waals surface area (Å²) >= 11 is 2.74. The predicted molar refractivity (Wildman–Crippen MR) is 123 cm³/mol. The van der Waals surface area contributed by atoms with E-state index in [0.29, 0.717) is 16.7 Å². The molecule has 3 aromatic heterocycles. The van der Waals surface area contributed by atoms with E-state index in [2.05, 4.69) is 55.4 Å². The Kier molecular flexibility index (Phi) is 6.47. The van der Waals surface area contributed by atoms with E-state index >= 15 is 0 Å². The first kappa shape index (κ1) is 21.3. The van der Waals surface area contributed by atoms with Gasteiger partial charge in [0, 0.05) is 31.0 Å². The van der Waals surface area contributed by atoms with E-state index < -0.39 is 0 Å². The minimum Gasteiger partial charge on any atom is -0.354 e. The van der Waals surface area contributed by atoms with Gasteiger partial charge in [-0.1, -0.05) is 47.7 Å². The fourth-order valence-corrected chi connectivity index (χ4v) is 4.50. The average molecular weight is 454 g/mol. The summed E-state index contributed by atoms with van der Waals surface area (Å²) in [6.07, 6.45) is 3.45. The van der Waals surface area contributed by atoms with Crippen molar-refractivity contribution in [3.05, 3.63) is 64.7 Å². The highest BCUT2D eigenvalue weighted by atomic mass is 32.2. The predicted octanol–water partition coefficient (Wildman–Crippen LogP) is 3.65. The summed E-state index contributed by atoms with van der Waals surface area (Å²) in [7, 11) is 2.01. The van der Waals surface area contributed by atoms with Gasteiger partial charge in [-0.2, -0.15) is 0 Å². The molecule has 0 atom stereocenters. The Bertz CT molecular complexity index is 1180. The number of benzene rings is 1. The molecule has 0 aliphatic rings. The van der Waals surface area contributed by atoms with Gasteiger partial charge in [0.1, 0.15) is 10.8 Å². The molecule has 0 unspecified atom stereocenters. The van der Waals surface area contributed by atoms with Crippen LogP contribution < -0.4 is 5.32 Å². The van der Waals surface area contributed by atoms with Crippen LogP contribution in [-0.4, -0.2) is 41.2 Å². The lowest BCUT2D eigenvalue weighted by Gasteiger charge is -2.11. The van der Waals surface area contributed by atoms with Crippen LogP contribution in [-0.2, 0) is 24.7 Å². The molecule has 1 aromatic carbocycles. The number of hydrogen-bond donors (Lipinski definition) is 1. The lowest BCUT2D eigenvalue weighted by molar-refractivity contribution is -0.113. The first-order chi connectivity index (χ1) is 15.0. The van der Waals surface area contributed by atoms with Crippen molar-refractivity contribution in [2.45, 2.75) is 31.8 Å². The maximum Gasteiger partial charge on any atom is 0.236 e. The lowest BCUT2D eigenvalue weighted by atomic mass is 10.2. The zero-order valence-corrected chi connectivity index (χ0v) is 19.2. The van der Waals surface area contributed by atoms with E-state index in [0.717, 1.165) is 28.6 Å². The minimum absolute atomic E-state index is 0.147. The van der Waals surface area contributed by atoms with Gasteiger partial charge in [-0.3, -0.25) is 14.7 Å². The van der Waals surface area contributed by atoms with Gasteiger partial charge in [-0.25, -0.2) is 0 Å². The zero-order valence-electron chi connectivity index (χ0n) is 17.6. The van der Waals surface area contributed by atoms with Gasteiger partial charge in [0.25, 0.3) is 0 Å². The number of aryl methyl sites for hydroxylation is 3. The van der Waals surface area contributed by atoms with Gasteiger partial charge in [0.05, 0.1) is 5.75 Å². The van der Waals surface area contributed by atoms with Crippen LogP contribution in [0.5, 0.6) is 0 Å². The van der Waals surface area contributed by atoms with Crippen molar-refractivity contribution >= 4 is 34.1 Å². The molecule has 0 aliphatic heterocycles. The molecule has 1 N–H and O–H groups in total. The lowest BCUT2D eigenvalue weighted by Crippen LogP contribution is -2.14. The second-order valence-electron chi connectivity index (χ2n) is 7.05. The molecule has 0 bridgehead atoms. The first-order valence-corrected chi connectivity index (χ1v) is 11.7. The number of carbonyl (C=O) groups excluding carboxylic acids is 1. The summed E-state index contributed by atoms with van der Waals surface area (Å²) in [5, 5.41) is 21.7. The van der Waals surface area contributed by atoms with E-state index in [9.17, 15) is 4.79 Å². The van der Waals surface area contributed by atoms with E-state index in [1.54, 1.807) is 0 Å². The van der Waals surface area contributed by atoms with Gasteiger partial charge in [-0.15, -0.1) is 20.4 Å². The molecule has 0 saturated heterocycles. The third kappa shape index (κ3) is 5.02. The van der Waals surface area contributed by atoms with Crippen LogP contribution in [0.2, 0.25) is 0 Å². The van der Waals surface area contributed by atoms with Crippen molar-refractivity contribution in [1.82, 2.24) is 29.5 Å². The molecule has 0 aliphatic carbocycles. The van der Waals surface area contributed by atoms with E-state index in [1.807, 2.05) is 42.9 Å². The summed E-state index contributed by atoms with van der Waals surface area (Å²) in [6.45, 7) is 4.06. The van der Waals surface area contributed by atoms with Gasteiger partial charge in [0.15, 0.2) is 5.16 Å². The molecule has 0 spiro atoms. The summed E-state index contributed by atoms with van der Waals surface area (Å²) in [6, 6.07) is 12.3. The fraction of sp³-hybridized carbons (Fsp3) is 0.286. The number of nitrogens with zero attached hydrogens (tertiary/aromatic N) is 6. The SMILES string of the molecule is CCc1nnc(NC(=O)CSc2nnc(Cc3cccn3C)n2-c2ccc(C)cc2)s1. The third-order valence-electron chi connectivity index (χ3n) is 4.73. The second-order valence-corrected chi connectivity index (χ2v) is 9.05. The van der Waals surface area contributed by atoms with Crippen LogP contribution in [0, 0.1) is 6.92 Å². The Morgan fingerprint density at radius 1 is 1.13 bits per heavy atom. The summed E-state index contributed by atoms with van der Waals surface area (Å²) < 4.78 is 4.09. The molecule has 0 radical (unpaired) electrons. The maximum atomic E-state index is 12.4. The number of anilines is 1. The third-order valence-corrected chi connectivity index (χ3v) is 6.64. The van der Waals surface area contributed by atoms with Crippen LogP contribution in [0.15, 0.2) is 47.8 Å². The number of hydrogen-bond acceptors (Lipinski definition) is 7. The molecular formula is C21H23N7OS2. The number of thioether (sulfide) groups is 1. The Balaban J connectivity index is 1.54. The number of aromatic nitrogens is 6. The Morgan fingerprint density at radius 3 is 2.61 bits per heavy atom. The molecule has 8 nitrogen and oxygen atoms in total. The van der Waals surface area contributed by atoms with Crippen LogP contribution in [0.25, 0.3) is 5.69 Å². The topological polar surface area (TPSA) is 90.5 Å². The minimum atomic E-state index is -0.147. The van der Waals surface area contributed by atoms with E-state index in [1.165, 1.54) is 28.7 Å². The van der Waals surface area contributed by atoms with Crippen molar-refractivity contribution in [1.29, 1.82) is 0 Å². The molecule has 0 fully saturated rings. The fourth-order valence-electron chi connectivity index (χ4n) is 3.04. The first-order valence-electron chi connectivity index (χ1n) is 9.90. The Hall–Kier alpha value is -2.98. The molecule has 3 heterocycles. The Morgan fingerprint density at radius 2 is 1.94 bits per heavy atom. The molecule has 4 aromatic rings. The van der Waals surface area contributed by atoms with E-state index in [4.69, 9.17) is 0 Å². The summed E-state index contributed by atoms with van der Waals surface area (Å²) in [5.74, 6) is 0.881.